The van der Waals surface area contributed by atoms with Crippen molar-refractivity contribution in [3.63, 3.8) is 0 Å². The Balaban J connectivity index is 4.44. The lowest BCUT2D eigenvalue weighted by Gasteiger charge is -2.18. The van der Waals surface area contributed by atoms with Crippen LogP contribution in [0.3, 0.4) is 0 Å². The van der Waals surface area contributed by atoms with Gasteiger partial charge in [0.25, 0.3) is 0 Å². The van der Waals surface area contributed by atoms with Crippen molar-refractivity contribution in [1.82, 2.24) is 0 Å². The maximum Gasteiger partial charge on any atom is 0.306 e. The van der Waals surface area contributed by atoms with Gasteiger partial charge in [-0.05, 0) is 103 Å². The molecule has 6 heteroatoms. The van der Waals surface area contributed by atoms with Gasteiger partial charge in [0.2, 0.25) is 0 Å². The molecule has 0 amide bonds. The molecular formula is C51H86O6. The van der Waals surface area contributed by atoms with E-state index in [4.69, 9.17) is 14.2 Å². The van der Waals surface area contributed by atoms with Gasteiger partial charge in [0.15, 0.2) is 6.10 Å². The van der Waals surface area contributed by atoms with E-state index >= 15 is 0 Å². The second-order valence-electron chi connectivity index (χ2n) is 15.2. The largest absolute Gasteiger partial charge is 0.462 e. The minimum atomic E-state index is -0.800. The maximum atomic E-state index is 12.7. The van der Waals surface area contributed by atoms with Crippen molar-refractivity contribution >= 4 is 17.9 Å². The Hall–Kier alpha value is -3.15. The van der Waals surface area contributed by atoms with Gasteiger partial charge in [-0.25, -0.2) is 0 Å². The fraction of sp³-hybridized carbons (Fsp3) is 0.706. The van der Waals surface area contributed by atoms with Crippen molar-refractivity contribution in [3.8, 4) is 0 Å². The van der Waals surface area contributed by atoms with E-state index in [1.54, 1.807) is 0 Å². The van der Waals surface area contributed by atoms with Crippen LogP contribution >= 0.6 is 0 Å². The Morgan fingerprint density at radius 1 is 0.368 bits per heavy atom. The number of carbonyl (C=O) groups is 3. The summed E-state index contributed by atoms with van der Waals surface area (Å²) in [5, 5.41) is 0. The summed E-state index contributed by atoms with van der Waals surface area (Å²) in [6, 6.07) is 0. The molecule has 0 aromatic heterocycles. The molecule has 0 spiro atoms. The molecular weight excluding hydrogens is 709 g/mol. The van der Waals surface area contributed by atoms with E-state index in [2.05, 4.69) is 93.7 Å². The fourth-order valence-corrected chi connectivity index (χ4v) is 6.19. The van der Waals surface area contributed by atoms with Crippen LogP contribution in [0, 0.1) is 0 Å². The van der Waals surface area contributed by atoms with Crippen molar-refractivity contribution in [2.24, 2.45) is 0 Å². The van der Waals surface area contributed by atoms with Gasteiger partial charge < -0.3 is 14.2 Å². The van der Waals surface area contributed by atoms with Crippen LogP contribution in [0.5, 0.6) is 0 Å². The zero-order chi connectivity index (χ0) is 41.5. The van der Waals surface area contributed by atoms with Crippen LogP contribution in [0.1, 0.15) is 213 Å². The smallest absolute Gasteiger partial charge is 0.306 e. The van der Waals surface area contributed by atoms with Gasteiger partial charge in [0, 0.05) is 19.3 Å². The van der Waals surface area contributed by atoms with Crippen molar-refractivity contribution in [2.75, 3.05) is 13.2 Å². The summed E-state index contributed by atoms with van der Waals surface area (Å²) in [5.74, 6) is -0.963. The number of ether oxygens (including phenoxy) is 3. The number of esters is 3. The second-order valence-corrected chi connectivity index (χ2v) is 15.2. The topological polar surface area (TPSA) is 78.9 Å². The fourth-order valence-electron chi connectivity index (χ4n) is 6.19. The molecule has 0 heterocycles. The normalized spacial score (nSPS) is 12.7. The van der Waals surface area contributed by atoms with Crippen LogP contribution in [0.4, 0.5) is 0 Å². The highest BCUT2D eigenvalue weighted by atomic mass is 16.6. The summed E-state index contributed by atoms with van der Waals surface area (Å²) in [7, 11) is 0. The lowest BCUT2D eigenvalue weighted by molar-refractivity contribution is -0.167. The predicted molar refractivity (Wildman–Crippen MR) is 242 cm³/mol. The summed E-state index contributed by atoms with van der Waals surface area (Å²) in [4.78, 5) is 37.8. The summed E-state index contributed by atoms with van der Waals surface area (Å²) in [6.45, 7) is 6.33. The van der Waals surface area contributed by atoms with E-state index in [9.17, 15) is 14.4 Å². The molecule has 0 radical (unpaired) electrons. The Morgan fingerprint density at radius 3 is 1.12 bits per heavy atom. The van der Waals surface area contributed by atoms with Gasteiger partial charge in [-0.2, -0.15) is 0 Å². The molecule has 0 bridgehead atoms. The minimum Gasteiger partial charge on any atom is -0.462 e. The third-order valence-electron chi connectivity index (χ3n) is 9.68. The van der Waals surface area contributed by atoms with Gasteiger partial charge in [0.05, 0.1) is 0 Å². The Kier molecular flexibility index (Phi) is 43.0. The third-order valence-corrected chi connectivity index (χ3v) is 9.68. The molecule has 1 unspecified atom stereocenters. The average Bonchev–Trinajstić information content (AvgIpc) is 3.21. The van der Waals surface area contributed by atoms with E-state index < -0.39 is 6.10 Å². The number of hydrogen-bond acceptors (Lipinski definition) is 6. The van der Waals surface area contributed by atoms with Gasteiger partial charge in [-0.15, -0.1) is 0 Å². The van der Waals surface area contributed by atoms with E-state index in [0.717, 1.165) is 103 Å². The van der Waals surface area contributed by atoms with Crippen LogP contribution in [0.15, 0.2) is 72.9 Å². The first-order chi connectivity index (χ1) is 28.0. The Morgan fingerprint density at radius 2 is 0.684 bits per heavy atom. The molecule has 0 aliphatic heterocycles. The number of unbranched alkanes of at least 4 members (excludes halogenated alkanes) is 18. The predicted octanol–water partition coefficient (Wildman–Crippen LogP) is 15.1. The van der Waals surface area contributed by atoms with E-state index in [-0.39, 0.29) is 37.5 Å². The number of carbonyl (C=O) groups excluding carboxylic acids is 3. The molecule has 0 fully saturated rings. The first-order valence-corrected chi connectivity index (χ1v) is 23.4. The highest BCUT2D eigenvalue weighted by molar-refractivity contribution is 5.71. The molecule has 326 valence electrons. The minimum absolute atomic E-state index is 0.0983. The van der Waals surface area contributed by atoms with E-state index in [1.807, 2.05) is 0 Å². The first-order valence-electron chi connectivity index (χ1n) is 23.4. The number of allylic oxidation sites excluding steroid dienone is 12. The molecule has 57 heavy (non-hydrogen) atoms. The molecule has 0 rings (SSSR count). The molecule has 6 nitrogen and oxygen atoms in total. The van der Waals surface area contributed by atoms with Gasteiger partial charge in [0.1, 0.15) is 13.2 Å². The highest BCUT2D eigenvalue weighted by Gasteiger charge is 2.19. The molecule has 0 aliphatic rings. The summed E-state index contributed by atoms with van der Waals surface area (Å²) in [6.07, 6.45) is 56.0. The van der Waals surface area contributed by atoms with Crippen LogP contribution < -0.4 is 0 Å². The van der Waals surface area contributed by atoms with Crippen LogP contribution in [0.25, 0.3) is 0 Å². The van der Waals surface area contributed by atoms with E-state index in [0.29, 0.717) is 19.3 Å². The molecule has 0 aromatic rings. The van der Waals surface area contributed by atoms with Crippen LogP contribution in [-0.2, 0) is 28.6 Å². The zero-order valence-electron chi connectivity index (χ0n) is 37.1. The number of rotatable bonds is 41. The lowest BCUT2D eigenvalue weighted by atomic mass is 10.1. The first kappa shape index (κ1) is 53.9. The second kappa shape index (κ2) is 45.6. The molecule has 1 atom stereocenters. The third kappa shape index (κ3) is 43.8. The molecule has 0 aromatic carbocycles. The monoisotopic (exact) mass is 795 g/mol. The van der Waals surface area contributed by atoms with Crippen LogP contribution in [0.2, 0.25) is 0 Å². The molecule has 0 saturated carbocycles. The number of hydrogen-bond donors (Lipinski definition) is 0. The zero-order valence-corrected chi connectivity index (χ0v) is 37.1. The Bertz CT molecular complexity index is 1100. The molecule has 0 N–H and O–H groups in total. The summed E-state index contributed by atoms with van der Waals surface area (Å²) in [5.41, 5.74) is 0. The van der Waals surface area contributed by atoms with Crippen molar-refractivity contribution in [3.05, 3.63) is 72.9 Å². The quantitative estimate of drug-likeness (QED) is 0.0265. The summed E-state index contributed by atoms with van der Waals surface area (Å²) < 4.78 is 16.7. The lowest BCUT2D eigenvalue weighted by Crippen LogP contribution is -2.30. The standard InChI is InChI=1S/C51H86O6/c1-4-7-10-13-16-19-22-25-26-27-30-32-35-38-41-44-50(53)56-47-48(57-51(54)45-42-39-36-33-29-24-21-18-15-12-9-6-3)46-55-49(52)43-40-37-34-31-28-23-20-17-14-11-8-5-2/h8-9,11-12,17-22,29,33,48H,4-7,10,13-16,23-28,30-32,34-47H2,1-3H3/b11-8-,12-9-,20-17-,21-18-,22-19-,33-29-. The van der Waals surface area contributed by atoms with Gasteiger partial charge >= 0.3 is 17.9 Å². The van der Waals surface area contributed by atoms with Crippen LogP contribution in [-0.4, -0.2) is 37.2 Å². The van der Waals surface area contributed by atoms with Gasteiger partial charge in [-0.1, -0.05) is 164 Å². The summed E-state index contributed by atoms with van der Waals surface area (Å²) >= 11 is 0. The van der Waals surface area contributed by atoms with Crippen molar-refractivity contribution in [2.45, 2.75) is 219 Å². The van der Waals surface area contributed by atoms with Gasteiger partial charge in [-0.3, -0.25) is 14.4 Å². The molecule has 0 aliphatic carbocycles. The average molecular weight is 795 g/mol. The van der Waals surface area contributed by atoms with Crippen molar-refractivity contribution < 1.29 is 28.6 Å². The van der Waals surface area contributed by atoms with E-state index in [1.165, 1.54) is 64.2 Å². The molecule has 0 saturated heterocycles. The SMILES string of the molecule is CC/C=C\C/C=C\C/C=C\CCCCC(=O)OC(COC(=O)CCCCCCC/C=C\C/C=C\CC)COC(=O)CCCCCCCCC/C=C\CCCCCC. The highest BCUT2D eigenvalue weighted by Crippen LogP contribution is 2.13. The van der Waals surface area contributed by atoms with Crippen molar-refractivity contribution in [1.29, 1.82) is 0 Å². The Labute approximate surface area is 351 Å². The maximum absolute atomic E-state index is 12.7.